The van der Waals surface area contributed by atoms with Crippen molar-refractivity contribution in [1.29, 1.82) is 0 Å². The van der Waals surface area contributed by atoms with Crippen LogP contribution in [0.15, 0.2) is 42.5 Å². The number of hydrogen-bond acceptors (Lipinski definition) is 2. The molecule has 1 N–H and O–H groups in total. The van der Waals surface area contributed by atoms with E-state index in [4.69, 9.17) is 0 Å². The second-order valence-electron chi connectivity index (χ2n) is 5.89. The molecule has 0 bridgehead atoms. The molecule has 1 heterocycles. The second kappa shape index (κ2) is 4.94. The highest BCUT2D eigenvalue weighted by Crippen LogP contribution is 2.35. The van der Waals surface area contributed by atoms with E-state index < -0.39 is 6.10 Å². The Morgan fingerprint density at radius 1 is 1.20 bits per heavy atom. The van der Waals surface area contributed by atoms with Gasteiger partial charge in [-0.15, -0.1) is 0 Å². The molecule has 106 valence electrons. The van der Waals surface area contributed by atoms with Crippen molar-refractivity contribution in [2.24, 2.45) is 5.92 Å². The molecular formula is C16H20N2O2. The Bertz CT molecular complexity index is 527. The third-order valence-corrected chi connectivity index (χ3v) is 3.91. The molecule has 3 rings (SSSR count). The number of urea groups is 1. The van der Waals surface area contributed by atoms with E-state index in [1.807, 2.05) is 41.3 Å². The summed E-state index contributed by atoms with van der Waals surface area (Å²) in [6.07, 6.45) is 3.17. The van der Waals surface area contributed by atoms with Crippen LogP contribution in [0.1, 0.15) is 13.8 Å². The molecule has 1 aliphatic heterocycles. The summed E-state index contributed by atoms with van der Waals surface area (Å²) >= 11 is 0. The van der Waals surface area contributed by atoms with E-state index >= 15 is 0 Å². The lowest BCUT2D eigenvalue weighted by molar-refractivity contribution is 0.116. The van der Waals surface area contributed by atoms with Crippen LogP contribution in [-0.2, 0) is 0 Å². The van der Waals surface area contributed by atoms with Gasteiger partial charge in [0.2, 0.25) is 0 Å². The average Bonchev–Trinajstić information content (AvgIpc) is 2.91. The van der Waals surface area contributed by atoms with Gasteiger partial charge in [-0.3, -0.25) is 4.90 Å². The van der Waals surface area contributed by atoms with E-state index in [0.29, 0.717) is 12.5 Å². The van der Waals surface area contributed by atoms with Crippen molar-refractivity contribution < 1.29 is 9.90 Å². The van der Waals surface area contributed by atoms with Crippen molar-refractivity contribution in [1.82, 2.24) is 4.90 Å². The number of rotatable bonds is 3. The van der Waals surface area contributed by atoms with Gasteiger partial charge >= 0.3 is 6.03 Å². The lowest BCUT2D eigenvalue weighted by Crippen LogP contribution is -2.43. The summed E-state index contributed by atoms with van der Waals surface area (Å²) in [5, 5.41) is 10.2. The number of anilines is 1. The molecule has 1 saturated heterocycles. The lowest BCUT2D eigenvalue weighted by Gasteiger charge is -2.26. The SMILES string of the molecule is CC(C)CN1C(=O)N(c2ccccc2)[C@H]2C=C[C@H](O)C21. The van der Waals surface area contributed by atoms with Crippen LogP contribution in [0.25, 0.3) is 0 Å². The summed E-state index contributed by atoms with van der Waals surface area (Å²) in [7, 11) is 0. The molecule has 4 nitrogen and oxygen atoms in total. The number of nitrogens with zero attached hydrogens (tertiary/aromatic N) is 2. The minimum Gasteiger partial charge on any atom is -0.387 e. The zero-order valence-corrected chi connectivity index (χ0v) is 11.8. The summed E-state index contributed by atoms with van der Waals surface area (Å²) in [6.45, 7) is 4.84. The van der Waals surface area contributed by atoms with Gasteiger partial charge < -0.3 is 10.0 Å². The van der Waals surface area contributed by atoms with Gasteiger partial charge in [-0.1, -0.05) is 44.2 Å². The predicted molar refractivity (Wildman–Crippen MR) is 78.6 cm³/mol. The Morgan fingerprint density at radius 2 is 1.90 bits per heavy atom. The number of amides is 2. The number of carbonyl (C=O) groups excluding carboxylic acids is 1. The number of para-hydroxylation sites is 1. The minimum atomic E-state index is -0.573. The van der Waals surface area contributed by atoms with Crippen LogP contribution in [0, 0.1) is 5.92 Å². The zero-order chi connectivity index (χ0) is 14.3. The second-order valence-corrected chi connectivity index (χ2v) is 5.89. The third kappa shape index (κ3) is 2.00. The van der Waals surface area contributed by atoms with E-state index in [1.165, 1.54) is 0 Å². The molecule has 0 spiro atoms. The summed E-state index contributed by atoms with van der Waals surface area (Å²) < 4.78 is 0. The fourth-order valence-electron chi connectivity index (χ4n) is 3.12. The van der Waals surface area contributed by atoms with Gasteiger partial charge in [0.1, 0.15) is 0 Å². The van der Waals surface area contributed by atoms with Gasteiger partial charge in [0.05, 0.1) is 18.2 Å². The van der Waals surface area contributed by atoms with Gasteiger partial charge in [0.15, 0.2) is 0 Å². The molecule has 4 heteroatoms. The van der Waals surface area contributed by atoms with Crippen molar-refractivity contribution in [3.8, 4) is 0 Å². The minimum absolute atomic E-state index is 0.0108. The molecule has 0 aromatic heterocycles. The summed E-state index contributed by atoms with van der Waals surface area (Å²) in [4.78, 5) is 16.3. The lowest BCUT2D eigenvalue weighted by atomic mass is 10.1. The standard InChI is InChI=1S/C16H20N2O2/c1-11(2)10-17-15-13(8-9-14(15)19)18(16(17)20)12-6-4-3-5-7-12/h3-9,11,13-15,19H,10H2,1-2H3/t13-,14-,15?/m0/s1. The predicted octanol–water partition coefficient (Wildman–Crippen LogP) is 2.25. The van der Waals surface area contributed by atoms with E-state index in [0.717, 1.165) is 5.69 Å². The number of hydrogen-bond donors (Lipinski definition) is 1. The Kier molecular flexibility index (Phi) is 3.26. The van der Waals surface area contributed by atoms with Crippen molar-refractivity contribution >= 4 is 11.7 Å². The maximum atomic E-state index is 12.7. The van der Waals surface area contributed by atoms with Crippen LogP contribution in [0.3, 0.4) is 0 Å². The Balaban J connectivity index is 1.96. The molecule has 1 aliphatic carbocycles. The van der Waals surface area contributed by atoms with Crippen molar-refractivity contribution in [3.63, 3.8) is 0 Å². The molecule has 0 radical (unpaired) electrons. The normalized spacial score (nSPS) is 28.6. The van der Waals surface area contributed by atoms with Gasteiger partial charge in [-0.25, -0.2) is 4.79 Å². The summed E-state index contributed by atoms with van der Waals surface area (Å²) in [6, 6.07) is 9.42. The number of carbonyl (C=O) groups is 1. The average molecular weight is 272 g/mol. The molecule has 3 atom stereocenters. The third-order valence-electron chi connectivity index (χ3n) is 3.91. The molecule has 1 unspecified atom stereocenters. The maximum absolute atomic E-state index is 12.7. The van der Waals surface area contributed by atoms with Crippen LogP contribution < -0.4 is 4.90 Å². The Morgan fingerprint density at radius 3 is 2.55 bits per heavy atom. The molecule has 2 amide bonds. The number of aliphatic hydroxyl groups excluding tert-OH is 1. The van der Waals surface area contributed by atoms with E-state index in [9.17, 15) is 9.90 Å². The first-order valence-corrected chi connectivity index (χ1v) is 7.11. The van der Waals surface area contributed by atoms with E-state index in [1.54, 1.807) is 11.0 Å². The smallest absolute Gasteiger partial charge is 0.325 e. The molecule has 0 saturated carbocycles. The molecule has 20 heavy (non-hydrogen) atoms. The quantitative estimate of drug-likeness (QED) is 0.858. The van der Waals surface area contributed by atoms with Crippen LogP contribution in [-0.4, -0.2) is 40.8 Å². The maximum Gasteiger partial charge on any atom is 0.325 e. The molecular weight excluding hydrogens is 252 g/mol. The van der Waals surface area contributed by atoms with E-state index in [-0.39, 0.29) is 18.1 Å². The molecule has 1 fully saturated rings. The van der Waals surface area contributed by atoms with Gasteiger partial charge in [0.25, 0.3) is 0 Å². The fourth-order valence-corrected chi connectivity index (χ4v) is 3.12. The molecule has 1 aromatic carbocycles. The monoisotopic (exact) mass is 272 g/mol. The highest BCUT2D eigenvalue weighted by atomic mass is 16.3. The largest absolute Gasteiger partial charge is 0.387 e. The number of benzene rings is 1. The van der Waals surface area contributed by atoms with Crippen molar-refractivity contribution in [3.05, 3.63) is 42.5 Å². The highest BCUT2D eigenvalue weighted by Gasteiger charge is 2.50. The number of fused-ring (bicyclic) bond motifs is 1. The Hall–Kier alpha value is -1.81. The van der Waals surface area contributed by atoms with Crippen molar-refractivity contribution in [2.45, 2.75) is 32.0 Å². The fraction of sp³-hybridized carbons (Fsp3) is 0.438. The van der Waals surface area contributed by atoms with Crippen LogP contribution >= 0.6 is 0 Å². The van der Waals surface area contributed by atoms with Crippen molar-refractivity contribution in [2.75, 3.05) is 11.4 Å². The van der Waals surface area contributed by atoms with Crippen LogP contribution in [0.4, 0.5) is 10.5 Å². The van der Waals surface area contributed by atoms with Gasteiger partial charge in [0, 0.05) is 12.2 Å². The van der Waals surface area contributed by atoms with E-state index in [2.05, 4.69) is 13.8 Å². The summed E-state index contributed by atoms with van der Waals surface area (Å²) in [5.41, 5.74) is 0.887. The van der Waals surface area contributed by atoms with Gasteiger partial charge in [-0.05, 0) is 18.1 Å². The molecule has 2 aliphatic rings. The Labute approximate surface area is 119 Å². The molecule has 1 aromatic rings. The summed E-state index contributed by atoms with van der Waals surface area (Å²) in [5.74, 6) is 0.378. The first-order valence-electron chi connectivity index (χ1n) is 7.11. The highest BCUT2D eigenvalue weighted by molar-refractivity contribution is 5.96. The number of aliphatic hydroxyl groups is 1. The topological polar surface area (TPSA) is 43.8 Å². The first kappa shape index (κ1) is 13.2. The van der Waals surface area contributed by atoms with Gasteiger partial charge in [-0.2, -0.15) is 0 Å². The van der Waals surface area contributed by atoms with Crippen LogP contribution in [0.2, 0.25) is 0 Å². The van der Waals surface area contributed by atoms with Crippen LogP contribution in [0.5, 0.6) is 0 Å². The first-order chi connectivity index (χ1) is 9.59. The zero-order valence-electron chi connectivity index (χ0n) is 11.8.